The molecule has 0 saturated heterocycles. The van der Waals surface area contributed by atoms with Crippen LogP contribution < -0.4 is 5.56 Å². The van der Waals surface area contributed by atoms with Crippen molar-refractivity contribution in [1.29, 1.82) is 0 Å². The van der Waals surface area contributed by atoms with Crippen LogP contribution in [0.1, 0.15) is 5.69 Å². The van der Waals surface area contributed by atoms with Crippen LogP contribution in [0.3, 0.4) is 0 Å². The zero-order valence-electron chi connectivity index (χ0n) is 9.81. The molecule has 3 aromatic rings. The van der Waals surface area contributed by atoms with E-state index in [-0.39, 0.29) is 11.4 Å². The van der Waals surface area contributed by atoms with Gasteiger partial charge in [0.25, 0.3) is 5.56 Å². The van der Waals surface area contributed by atoms with E-state index in [0.717, 1.165) is 0 Å². The van der Waals surface area contributed by atoms with E-state index in [9.17, 15) is 4.79 Å². The molecule has 0 unspecified atom stereocenters. The molecule has 3 rings (SSSR count). The fourth-order valence-electron chi connectivity index (χ4n) is 1.70. The molecule has 1 aromatic carbocycles. The van der Waals surface area contributed by atoms with Crippen LogP contribution in [0.15, 0.2) is 29.1 Å². The molecule has 0 saturated carbocycles. The van der Waals surface area contributed by atoms with E-state index in [2.05, 4.69) is 10.1 Å². The molecule has 8 heteroatoms. The van der Waals surface area contributed by atoms with Gasteiger partial charge >= 0.3 is 0 Å². The molecule has 0 radical (unpaired) electrons. The highest BCUT2D eigenvalue weighted by Crippen LogP contribution is 2.32. The Morgan fingerprint density at radius 1 is 1.25 bits per heavy atom. The van der Waals surface area contributed by atoms with Crippen LogP contribution in [0.4, 0.5) is 0 Å². The van der Waals surface area contributed by atoms with Gasteiger partial charge < -0.3 is 0 Å². The standard InChI is InChI=1S/C12H6Cl3N3OS/c13-5-7-4-10(19)18-12(16-7)20-11(17-18)8-2-1-6(14)3-9(8)15/h1-4H,5H2. The normalized spacial score (nSPS) is 11.2. The highest BCUT2D eigenvalue weighted by molar-refractivity contribution is 7.19. The molecular formula is C12H6Cl3N3OS. The van der Waals surface area contributed by atoms with Gasteiger partial charge in [-0.25, -0.2) is 4.98 Å². The highest BCUT2D eigenvalue weighted by Gasteiger charge is 2.13. The van der Waals surface area contributed by atoms with Gasteiger partial charge in [0.05, 0.1) is 16.6 Å². The number of fused-ring (bicyclic) bond motifs is 1. The second kappa shape index (κ2) is 5.33. The van der Waals surface area contributed by atoms with Crippen LogP contribution in [-0.2, 0) is 5.88 Å². The lowest BCUT2D eigenvalue weighted by Crippen LogP contribution is -2.14. The average molecular weight is 347 g/mol. The number of benzene rings is 1. The number of halogens is 3. The second-order valence-electron chi connectivity index (χ2n) is 3.95. The molecule has 0 aliphatic rings. The quantitative estimate of drug-likeness (QED) is 0.662. The lowest BCUT2D eigenvalue weighted by Gasteiger charge is -1.99. The fraction of sp³-hybridized carbons (Fsp3) is 0.0833. The van der Waals surface area contributed by atoms with E-state index < -0.39 is 0 Å². The maximum absolute atomic E-state index is 11.9. The van der Waals surface area contributed by atoms with Crippen molar-refractivity contribution >= 4 is 51.1 Å². The third kappa shape index (κ3) is 2.42. The Morgan fingerprint density at radius 2 is 2.05 bits per heavy atom. The van der Waals surface area contributed by atoms with Crippen LogP contribution in [-0.4, -0.2) is 14.6 Å². The van der Waals surface area contributed by atoms with Gasteiger partial charge in [-0.1, -0.05) is 34.5 Å². The molecule has 4 nitrogen and oxygen atoms in total. The van der Waals surface area contributed by atoms with E-state index in [1.807, 2.05) is 0 Å². The minimum Gasteiger partial charge on any atom is -0.267 e. The van der Waals surface area contributed by atoms with Gasteiger partial charge in [-0.2, -0.15) is 9.61 Å². The van der Waals surface area contributed by atoms with Gasteiger partial charge in [0.2, 0.25) is 4.96 Å². The minimum atomic E-state index is -0.266. The monoisotopic (exact) mass is 345 g/mol. The van der Waals surface area contributed by atoms with Gasteiger partial charge in [-0.05, 0) is 18.2 Å². The summed E-state index contributed by atoms with van der Waals surface area (Å²) in [4.78, 5) is 16.6. The first-order chi connectivity index (χ1) is 9.58. The smallest absolute Gasteiger partial charge is 0.267 e. The Kier molecular flexibility index (Phi) is 3.69. The molecule has 20 heavy (non-hydrogen) atoms. The Labute approximate surface area is 132 Å². The third-order valence-electron chi connectivity index (χ3n) is 2.60. The van der Waals surface area contributed by atoms with Crippen LogP contribution in [0, 0.1) is 0 Å². The third-order valence-corrected chi connectivity index (χ3v) is 4.36. The number of alkyl halides is 1. The molecule has 0 aliphatic heterocycles. The first-order valence-electron chi connectivity index (χ1n) is 5.49. The van der Waals surface area contributed by atoms with Crippen LogP contribution >= 0.6 is 46.1 Å². The summed E-state index contributed by atoms with van der Waals surface area (Å²) in [5.41, 5.74) is 0.964. The largest absolute Gasteiger partial charge is 0.275 e. The Hall–Kier alpha value is -1.14. The number of hydrogen-bond donors (Lipinski definition) is 0. The molecule has 2 aromatic heterocycles. The zero-order valence-corrected chi connectivity index (χ0v) is 12.9. The first-order valence-corrected chi connectivity index (χ1v) is 7.60. The summed E-state index contributed by atoms with van der Waals surface area (Å²) in [7, 11) is 0. The molecule has 0 atom stereocenters. The minimum absolute atomic E-state index is 0.181. The lowest BCUT2D eigenvalue weighted by atomic mass is 10.2. The molecule has 0 N–H and O–H groups in total. The molecule has 0 bridgehead atoms. The van der Waals surface area contributed by atoms with Crippen LogP contribution in [0.2, 0.25) is 10.0 Å². The second-order valence-corrected chi connectivity index (χ2v) is 6.01. The number of aromatic nitrogens is 3. The van der Waals surface area contributed by atoms with Gasteiger partial charge in [-0.15, -0.1) is 11.6 Å². The van der Waals surface area contributed by atoms with Crippen molar-refractivity contribution in [1.82, 2.24) is 14.6 Å². The van der Waals surface area contributed by atoms with Gasteiger partial charge in [-0.3, -0.25) is 4.79 Å². The van der Waals surface area contributed by atoms with E-state index in [0.29, 0.717) is 31.3 Å². The van der Waals surface area contributed by atoms with E-state index >= 15 is 0 Å². The summed E-state index contributed by atoms with van der Waals surface area (Å²) in [6.07, 6.45) is 0. The zero-order chi connectivity index (χ0) is 14.3. The van der Waals surface area contributed by atoms with Crippen molar-refractivity contribution in [2.45, 2.75) is 5.88 Å². The molecular weight excluding hydrogens is 341 g/mol. The first kappa shape index (κ1) is 13.8. The van der Waals surface area contributed by atoms with E-state index in [1.54, 1.807) is 18.2 Å². The van der Waals surface area contributed by atoms with Crippen LogP contribution in [0.5, 0.6) is 0 Å². The van der Waals surface area contributed by atoms with Crippen LogP contribution in [0.25, 0.3) is 15.5 Å². The molecule has 0 spiro atoms. The van der Waals surface area contributed by atoms with E-state index in [1.165, 1.54) is 21.9 Å². The summed E-state index contributed by atoms with van der Waals surface area (Å²) in [5.74, 6) is 0.181. The number of rotatable bonds is 2. The molecule has 0 amide bonds. The topological polar surface area (TPSA) is 47.3 Å². The maximum Gasteiger partial charge on any atom is 0.275 e. The average Bonchev–Trinajstić information content (AvgIpc) is 2.82. The Morgan fingerprint density at radius 3 is 2.75 bits per heavy atom. The van der Waals surface area contributed by atoms with E-state index in [4.69, 9.17) is 34.8 Å². The van der Waals surface area contributed by atoms with Gasteiger partial charge in [0.1, 0.15) is 5.01 Å². The van der Waals surface area contributed by atoms with Crippen molar-refractivity contribution in [3.63, 3.8) is 0 Å². The SMILES string of the molecule is O=c1cc(CCl)nc2sc(-c3ccc(Cl)cc3Cl)nn12. The summed E-state index contributed by atoms with van der Waals surface area (Å²) < 4.78 is 1.24. The van der Waals surface area contributed by atoms with Crippen molar-refractivity contribution in [2.24, 2.45) is 0 Å². The molecule has 0 aliphatic carbocycles. The Bertz CT molecular complexity index is 859. The fourth-order valence-corrected chi connectivity index (χ4v) is 3.35. The maximum atomic E-state index is 11.9. The summed E-state index contributed by atoms with van der Waals surface area (Å²) >= 11 is 19.0. The Balaban J connectivity index is 2.23. The number of hydrogen-bond acceptors (Lipinski definition) is 4. The van der Waals surface area contributed by atoms with Crippen molar-refractivity contribution in [3.8, 4) is 10.6 Å². The predicted molar refractivity (Wildman–Crippen MR) is 82.1 cm³/mol. The lowest BCUT2D eigenvalue weighted by molar-refractivity contribution is 0.891. The molecule has 0 fully saturated rings. The van der Waals surface area contributed by atoms with Gasteiger partial charge in [0.15, 0.2) is 0 Å². The van der Waals surface area contributed by atoms with Gasteiger partial charge in [0, 0.05) is 16.7 Å². The molecule has 2 heterocycles. The summed E-state index contributed by atoms with van der Waals surface area (Å²) in [5, 5.41) is 5.85. The molecule has 102 valence electrons. The van der Waals surface area contributed by atoms with Crippen molar-refractivity contribution < 1.29 is 0 Å². The van der Waals surface area contributed by atoms with Crippen molar-refractivity contribution in [3.05, 3.63) is 50.4 Å². The van der Waals surface area contributed by atoms with Crippen molar-refractivity contribution in [2.75, 3.05) is 0 Å². The predicted octanol–water partition coefficient (Wildman–Crippen LogP) is 3.86. The summed E-state index contributed by atoms with van der Waals surface area (Å²) in [6.45, 7) is 0. The highest BCUT2D eigenvalue weighted by atomic mass is 35.5. The number of nitrogens with zero attached hydrogens (tertiary/aromatic N) is 3. The summed E-state index contributed by atoms with van der Waals surface area (Å²) in [6, 6.07) is 6.48.